The highest BCUT2D eigenvalue weighted by molar-refractivity contribution is 6.00. The summed E-state index contributed by atoms with van der Waals surface area (Å²) in [4.78, 5) is 26.1. The topological polar surface area (TPSA) is 95.2 Å². The second kappa shape index (κ2) is 7.19. The number of phenols is 1. The number of aromatic hydroxyl groups is 1. The van der Waals surface area contributed by atoms with E-state index in [-0.39, 0.29) is 28.6 Å². The Kier molecular flexibility index (Phi) is 4.46. The van der Waals surface area contributed by atoms with E-state index >= 15 is 0 Å². The lowest BCUT2D eigenvalue weighted by molar-refractivity contribution is -0.116. The first-order valence-corrected chi connectivity index (χ1v) is 9.98. The summed E-state index contributed by atoms with van der Waals surface area (Å²) < 4.78 is 22.4. The molecule has 1 aliphatic carbocycles. The Labute approximate surface area is 177 Å². The number of fused-ring (bicyclic) bond motifs is 3. The summed E-state index contributed by atoms with van der Waals surface area (Å²) in [6.45, 7) is 0. The fraction of sp³-hybridized carbons (Fsp3) is 0.250. The van der Waals surface area contributed by atoms with Gasteiger partial charge in [-0.3, -0.25) is 4.79 Å². The van der Waals surface area contributed by atoms with Crippen molar-refractivity contribution in [2.75, 3.05) is 14.2 Å². The van der Waals surface area contributed by atoms with Crippen molar-refractivity contribution in [3.05, 3.63) is 69.3 Å². The van der Waals surface area contributed by atoms with Crippen molar-refractivity contribution in [3.63, 3.8) is 0 Å². The summed E-state index contributed by atoms with van der Waals surface area (Å²) in [6.07, 6.45) is 1.65. The van der Waals surface area contributed by atoms with Crippen LogP contribution in [0.1, 0.15) is 36.3 Å². The van der Waals surface area contributed by atoms with Gasteiger partial charge in [-0.2, -0.15) is 0 Å². The maximum absolute atomic E-state index is 13.1. The summed E-state index contributed by atoms with van der Waals surface area (Å²) >= 11 is 0. The van der Waals surface area contributed by atoms with Gasteiger partial charge in [-0.05, 0) is 36.2 Å². The minimum Gasteiger partial charge on any atom is -0.502 e. The van der Waals surface area contributed by atoms with Gasteiger partial charge in [0.1, 0.15) is 17.1 Å². The third-order valence-electron chi connectivity index (χ3n) is 5.85. The molecule has 3 aromatic rings. The second-order valence-corrected chi connectivity index (χ2v) is 7.55. The van der Waals surface area contributed by atoms with E-state index in [1.54, 1.807) is 24.3 Å². The first-order chi connectivity index (χ1) is 15.0. The van der Waals surface area contributed by atoms with Gasteiger partial charge in [-0.15, -0.1) is 0 Å². The van der Waals surface area contributed by atoms with E-state index in [2.05, 4.69) is 0 Å². The summed E-state index contributed by atoms with van der Waals surface area (Å²) in [5, 5.41) is 11.0. The van der Waals surface area contributed by atoms with E-state index in [9.17, 15) is 14.7 Å². The average molecular weight is 420 g/mol. The molecule has 0 spiro atoms. The zero-order chi connectivity index (χ0) is 21.7. The van der Waals surface area contributed by atoms with E-state index in [0.717, 1.165) is 0 Å². The highest BCUT2D eigenvalue weighted by atomic mass is 16.5. The number of carbonyl (C=O) groups excluding carboxylic acids is 1. The van der Waals surface area contributed by atoms with Crippen LogP contribution >= 0.6 is 0 Å². The highest BCUT2D eigenvalue weighted by Crippen LogP contribution is 2.50. The van der Waals surface area contributed by atoms with Crippen LogP contribution in [-0.4, -0.2) is 25.1 Å². The van der Waals surface area contributed by atoms with Gasteiger partial charge in [0.2, 0.25) is 5.75 Å². The van der Waals surface area contributed by atoms with Crippen molar-refractivity contribution in [3.8, 4) is 23.0 Å². The zero-order valence-corrected chi connectivity index (χ0v) is 17.1. The van der Waals surface area contributed by atoms with Crippen LogP contribution in [0.15, 0.2) is 56.9 Å². The van der Waals surface area contributed by atoms with Crippen molar-refractivity contribution in [2.45, 2.75) is 25.2 Å². The molecule has 31 heavy (non-hydrogen) atoms. The lowest BCUT2D eigenvalue weighted by Gasteiger charge is -2.32. The summed E-state index contributed by atoms with van der Waals surface area (Å²) in [7, 11) is 2.85. The van der Waals surface area contributed by atoms with Gasteiger partial charge in [0, 0.05) is 18.4 Å². The number of hydrogen-bond donors (Lipinski definition) is 1. The number of Topliss-reactive ketones (excluding diaryl/α,β-unsaturated/α-hetero) is 1. The van der Waals surface area contributed by atoms with E-state index < -0.39 is 11.5 Å². The Hall–Kier alpha value is -3.74. The summed E-state index contributed by atoms with van der Waals surface area (Å²) in [5.41, 5.74) is 1.10. The lowest BCUT2D eigenvalue weighted by Crippen LogP contribution is -2.29. The Morgan fingerprint density at radius 2 is 1.74 bits per heavy atom. The van der Waals surface area contributed by atoms with Crippen LogP contribution in [0, 0.1) is 0 Å². The van der Waals surface area contributed by atoms with Gasteiger partial charge < -0.3 is 23.7 Å². The normalized spacial score (nSPS) is 17.7. The molecule has 0 amide bonds. The molecule has 0 saturated carbocycles. The predicted octanol–water partition coefficient (Wildman–Crippen LogP) is 4.05. The van der Waals surface area contributed by atoms with Crippen molar-refractivity contribution in [1.82, 2.24) is 0 Å². The summed E-state index contributed by atoms with van der Waals surface area (Å²) in [6, 6.07) is 10.4. The first kappa shape index (κ1) is 19.2. The van der Waals surface area contributed by atoms with Gasteiger partial charge in [-0.25, -0.2) is 4.79 Å². The Bertz CT molecular complexity index is 1290. The lowest BCUT2D eigenvalue weighted by atomic mass is 9.77. The minimum atomic E-state index is -0.726. The van der Waals surface area contributed by atoms with Gasteiger partial charge in [-0.1, -0.05) is 12.1 Å². The zero-order valence-electron chi connectivity index (χ0n) is 17.1. The largest absolute Gasteiger partial charge is 0.502 e. The SMILES string of the molecule is COc1cc(C2C3=C(CCCC3=O)Oc3c2c(=O)oc2ccccc32)cc(OC)c1O. The molecule has 2 aliphatic rings. The van der Waals surface area contributed by atoms with Gasteiger partial charge in [0.25, 0.3) is 0 Å². The van der Waals surface area contributed by atoms with Crippen LogP contribution in [-0.2, 0) is 4.79 Å². The number of hydrogen-bond acceptors (Lipinski definition) is 7. The van der Waals surface area contributed by atoms with E-state index in [0.29, 0.717) is 52.9 Å². The van der Waals surface area contributed by atoms with Crippen LogP contribution < -0.4 is 19.8 Å². The highest BCUT2D eigenvalue weighted by Gasteiger charge is 2.40. The van der Waals surface area contributed by atoms with E-state index in [1.807, 2.05) is 12.1 Å². The number of allylic oxidation sites excluding steroid dienone is 2. The van der Waals surface area contributed by atoms with Gasteiger partial charge in [0.05, 0.1) is 31.1 Å². The van der Waals surface area contributed by atoms with Crippen molar-refractivity contribution < 1.29 is 28.5 Å². The number of ketones is 1. The second-order valence-electron chi connectivity index (χ2n) is 7.55. The third-order valence-corrected chi connectivity index (χ3v) is 5.85. The predicted molar refractivity (Wildman–Crippen MR) is 112 cm³/mol. The molecule has 2 aromatic carbocycles. The third kappa shape index (κ3) is 2.88. The monoisotopic (exact) mass is 420 g/mol. The van der Waals surface area contributed by atoms with Gasteiger partial charge >= 0.3 is 5.63 Å². The molecule has 1 aliphatic heterocycles. The van der Waals surface area contributed by atoms with Crippen LogP contribution in [0.25, 0.3) is 11.0 Å². The molecule has 1 atom stereocenters. The smallest absolute Gasteiger partial charge is 0.344 e. The van der Waals surface area contributed by atoms with E-state index in [4.69, 9.17) is 18.6 Å². The Balaban J connectivity index is 1.86. The maximum Gasteiger partial charge on any atom is 0.344 e. The average Bonchev–Trinajstić information content (AvgIpc) is 2.78. The fourth-order valence-corrected chi connectivity index (χ4v) is 4.44. The number of benzene rings is 2. The van der Waals surface area contributed by atoms with Crippen LogP contribution in [0.3, 0.4) is 0 Å². The molecule has 1 aromatic heterocycles. The van der Waals surface area contributed by atoms with Gasteiger partial charge in [0.15, 0.2) is 17.3 Å². The minimum absolute atomic E-state index is 0.0736. The maximum atomic E-state index is 13.1. The van der Waals surface area contributed by atoms with E-state index in [1.165, 1.54) is 14.2 Å². The van der Waals surface area contributed by atoms with Crippen molar-refractivity contribution in [2.24, 2.45) is 0 Å². The van der Waals surface area contributed by atoms with Crippen molar-refractivity contribution >= 4 is 16.8 Å². The van der Waals surface area contributed by atoms with Crippen LogP contribution in [0.2, 0.25) is 0 Å². The molecule has 5 rings (SSSR count). The molecular weight excluding hydrogens is 400 g/mol. The van der Waals surface area contributed by atoms with Crippen molar-refractivity contribution in [1.29, 1.82) is 0 Å². The molecule has 1 unspecified atom stereocenters. The standard InChI is InChI=1S/C24H20O7/c1-28-17-10-12(11-18(29-2)22(17)26)19-20-14(25)7-5-9-16(20)30-23-13-6-3-4-8-15(13)31-24(27)21(19)23/h3-4,6,8,10-11,19,26H,5,7,9H2,1-2H3. The number of carbonyl (C=O) groups is 1. The Morgan fingerprint density at radius 3 is 2.45 bits per heavy atom. The number of methoxy groups -OCH3 is 2. The molecule has 158 valence electrons. The molecule has 0 bridgehead atoms. The number of rotatable bonds is 3. The molecule has 2 heterocycles. The summed E-state index contributed by atoms with van der Waals surface area (Å²) in [5.74, 6) is 0.366. The molecule has 0 fully saturated rings. The number of para-hydroxylation sites is 1. The Morgan fingerprint density at radius 1 is 1.03 bits per heavy atom. The fourth-order valence-electron chi connectivity index (χ4n) is 4.44. The molecule has 0 saturated heterocycles. The molecule has 0 radical (unpaired) electrons. The molecule has 7 nitrogen and oxygen atoms in total. The molecule has 7 heteroatoms. The molecule has 1 N–H and O–H groups in total. The van der Waals surface area contributed by atoms with Crippen LogP contribution in [0.4, 0.5) is 0 Å². The van der Waals surface area contributed by atoms with Crippen LogP contribution in [0.5, 0.6) is 23.0 Å². The quantitative estimate of drug-likeness (QED) is 0.639. The number of ether oxygens (including phenoxy) is 3. The first-order valence-electron chi connectivity index (χ1n) is 9.98. The number of phenolic OH excluding ortho intramolecular Hbond substituents is 1. The molecular formula is C24H20O7.